The molecule has 0 aliphatic rings. The lowest BCUT2D eigenvalue weighted by Gasteiger charge is -2.19. The van der Waals surface area contributed by atoms with Crippen LogP contribution >= 0.6 is 0 Å². The van der Waals surface area contributed by atoms with Crippen LogP contribution < -0.4 is 25.5 Å². The molecule has 8 heteroatoms. The van der Waals surface area contributed by atoms with Crippen LogP contribution in [0.25, 0.3) is 0 Å². The molecule has 0 bridgehead atoms. The van der Waals surface area contributed by atoms with Gasteiger partial charge < -0.3 is 14.2 Å². The van der Waals surface area contributed by atoms with Crippen molar-refractivity contribution in [3.63, 3.8) is 0 Å². The van der Waals surface area contributed by atoms with E-state index in [-0.39, 0.29) is 6.04 Å². The number of nitrogens with two attached hydrogens (primary N) is 1. The Morgan fingerprint density at radius 2 is 1.76 bits per heavy atom. The second-order valence-electron chi connectivity index (χ2n) is 4.34. The normalized spacial score (nSPS) is 12.0. The average molecular weight is 293 g/mol. The predicted octanol–water partition coefficient (Wildman–Crippen LogP) is 0.394. The molecular formula is C13H19N5O3. The molecule has 8 nitrogen and oxygen atoms in total. The number of nitrogens with one attached hydrogen (secondary N) is 1. The summed E-state index contributed by atoms with van der Waals surface area (Å²) in [6.45, 7) is 0. The summed E-state index contributed by atoms with van der Waals surface area (Å²) < 4.78 is 17.7. The third-order valence-electron chi connectivity index (χ3n) is 3.23. The van der Waals surface area contributed by atoms with Gasteiger partial charge in [0.05, 0.1) is 39.3 Å². The highest BCUT2D eigenvalue weighted by Gasteiger charge is 2.21. The first-order chi connectivity index (χ1) is 10.2. The van der Waals surface area contributed by atoms with E-state index in [4.69, 9.17) is 20.1 Å². The van der Waals surface area contributed by atoms with Crippen LogP contribution in [-0.2, 0) is 7.05 Å². The summed E-state index contributed by atoms with van der Waals surface area (Å²) in [7, 11) is 6.49. The maximum Gasteiger partial charge on any atom is 0.203 e. The maximum atomic E-state index is 5.69. The average Bonchev–Trinajstić information content (AvgIpc) is 2.93. The Bertz CT molecular complexity index is 589. The Hall–Kier alpha value is -2.32. The molecule has 21 heavy (non-hydrogen) atoms. The van der Waals surface area contributed by atoms with Gasteiger partial charge in [0.2, 0.25) is 5.75 Å². The highest BCUT2D eigenvalue weighted by Crippen LogP contribution is 2.40. The number of nitrogens with zero attached hydrogens (tertiary/aromatic N) is 3. The monoisotopic (exact) mass is 293 g/mol. The van der Waals surface area contributed by atoms with E-state index < -0.39 is 0 Å². The van der Waals surface area contributed by atoms with Gasteiger partial charge in [-0.1, -0.05) is 5.21 Å². The Balaban J connectivity index is 2.54. The number of hydrogen-bond donors (Lipinski definition) is 2. The van der Waals surface area contributed by atoms with Gasteiger partial charge in [-0.25, -0.2) is 5.43 Å². The smallest absolute Gasteiger partial charge is 0.203 e. The predicted molar refractivity (Wildman–Crippen MR) is 76.3 cm³/mol. The number of hydrogen-bond acceptors (Lipinski definition) is 7. The van der Waals surface area contributed by atoms with Crippen LogP contribution in [-0.4, -0.2) is 36.3 Å². The number of methoxy groups -OCH3 is 3. The Labute approximate surface area is 122 Å². The van der Waals surface area contributed by atoms with E-state index in [0.717, 1.165) is 11.3 Å². The van der Waals surface area contributed by atoms with Crippen LogP contribution in [0, 0.1) is 0 Å². The van der Waals surface area contributed by atoms with Crippen molar-refractivity contribution in [2.24, 2.45) is 12.9 Å². The number of rotatable bonds is 6. The molecule has 0 aliphatic carbocycles. The molecule has 0 saturated carbocycles. The van der Waals surface area contributed by atoms with E-state index in [1.807, 2.05) is 12.1 Å². The minimum Gasteiger partial charge on any atom is -0.493 e. The molecule has 1 heterocycles. The van der Waals surface area contributed by atoms with E-state index in [1.165, 1.54) is 0 Å². The fourth-order valence-corrected chi connectivity index (χ4v) is 2.18. The lowest BCUT2D eigenvalue weighted by Crippen LogP contribution is -2.30. The molecule has 1 aromatic heterocycles. The molecule has 1 aromatic carbocycles. The van der Waals surface area contributed by atoms with Crippen LogP contribution in [0.2, 0.25) is 0 Å². The van der Waals surface area contributed by atoms with Crippen LogP contribution in [0.5, 0.6) is 17.2 Å². The number of benzene rings is 1. The Morgan fingerprint density at radius 3 is 2.14 bits per heavy atom. The SMILES string of the molecule is COc1cc(C(NN)c2cnnn2C)cc(OC)c1OC. The van der Waals surface area contributed by atoms with E-state index in [9.17, 15) is 0 Å². The summed E-state index contributed by atoms with van der Waals surface area (Å²) >= 11 is 0. The lowest BCUT2D eigenvalue weighted by atomic mass is 10.0. The highest BCUT2D eigenvalue weighted by molar-refractivity contribution is 5.55. The fraction of sp³-hybridized carbons (Fsp3) is 0.385. The number of aromatic nitrogens is 3. The molecule has 0 amide bonds. The summed E-state index contributed by atoms with van der Waals surface area (Å²) in [6, 6.07) is 3.36. The molecular weight excluding hydrogens is 274 g/mol. The largest absolute Gasteiger partial charge is 0.493 e. The molecule has 0 spiro atoms. The second-order valence-corrected chi connectivity index (χ2v) is 4.34. The first-order valence-electron chi connectivity index (χ1n) is 6.26. The van der Waals surface area contributed by atoms with Crippen molar-refractivity contribution in [3.8, 4) is 17.2 Å². The minimum atomic E-state index is -0.307. The van der Waals surface area contributed by atoms with Gasteiger partial charge in [0.15, 0.2) is 11.5 Å². The molecule has 114 valence electrons. The quantitative estimate of drug-likeness (QED) is 0.587. The van der Waals surface area contributed by atoms with Gasteiger partial charge in [-0.15, -0.1) is 5.10 Å². The molecule has 3 N–H and O–H groups in total. The summed E-state index contributed by atoms with van der Waals surface area (Å²) in [5.74, 6) is 7.33. The molecule has 0 aliphatic heterocycles. The maximum absolute atomic E-state index is 5.69. The zero-order chi connectivity index (χ0) is 15.4. The molecule has 1 atom stereocenters. The third kappa shape index (κ3) is 2.76. The zero-order valence-corrected chi connectivity index (χ0v) is 12.5. The fourth-order valence-electron chi connectivity index (χ4n) is 2.18. The molecule has 0 fully saturated rings. The Morgan fingerprint density at radius 1 is 1.14 bits per heavy atom. The third-order valence-corrected chi connectivity index (χ3v) is 3.23. The van der Waals surface area contributed by atoms with Gasteiger partial charge in [-0.2, -0.15) is 0 Å². The number of aryl methyl sites for hydroxylation is 1. The molecule has 0 saturated heterocycles. The lowest BCUT2D eigenvalue weighted by molar-refractivity contribution is 0.323. The first-order valence-corrected chi connectivity index (χ1v) is 6.26. The van der Waals surface area contributed by atoms with Crippen molar-refractivity contribution in [1.82, 2.24) is 20.4 Å². The summed E-state index contributed by atoms with van der Waals surface area (Å²) in [4.78, 5) is 0. The van der Waals surface area contributed by atoms with Crippen molar-refractivity contribution in [2.75, 3.05) is 21.3 Å². The van der Waals surface area contributed by atoms with Crippen molar-refractivity contribution in [1.29, 1.82) is 0 Å². The van der Waals surface area contributed by atoms with Crippen LogP contribution in [0.3, 0.4) is 0 Å². The highest BCUT2D eigenvalue weighted by atomic mass is 16.5. The second kappa shape index (κ2) is 6.42. The van der Waals surface area contributed by atoms with Crippen molar-refractivity contribution in [2.45, 2.75) is 6.04 Å². The van der Waals surface area contributed by atoms with E-state index in [0.29, 0.717) is 17.2 Å². The van der Waals surface area contributed by atoms with Gasteiger partial charge >= 0.3 is 0 Å². The van der Waals surface area contributed by atoms with Gasteiger partial charge in [-0.3, -0.25) is 10.5 Å². The summed E-state index contributed by atoms with van der Waals surface area (Å²) in [6.07, 6.45) is 1.65. The first kappa shape index (κ1) is 15.1. The topological polar surface area (TPSA) is 96.5 Å². The van der Waals surface area contributed by atoms with Crippen molar-refractivity contribution < 1.29 is 14.2 Å². The van der Waals surface area contributed by atoms with Gasteiger partial charge in [0, 0.05) is 7.05 Å². The standard InChI is InChI=1S/C13H19N5O3/c1-18-9(7-15-17-18)12(16-14)8-5-10(19-2)13(21-4)11(6-8)20-3/h5-7,12,16H,14H2,1-4H3. The Kier molecular flexibility index (Phi) is 4.61. The van der Waals surface area contributed by atoms with E-state index >= 15 is 0 Å². The molecule has 1 unspecified atom stereocenters. The van der Waals surface area contributed by atoms with Crippen molar-refractivity contribution in [3.05, 3.63) is 29.6 Å². The number of ether oxygens (including phenoxy) is 3. The summed E-state index contributed by atoms with van der Waals surface area (Å²) in [5, 5.41) is 7.78. The molecule has 2 aromatic rings. The molecule has 0 radical (unpaired) electrons. The zero-order valence-electron chi connectivity index (χ0n) is 12.5. The van der Waals surface area contributed by atoms with Crippen LogP contribution in [0.1, 0.15) is 17.3 Å². The van der Waals surface area contributed by atoms with Crippen LogP contribution in [0.4, 0.5) is 0 Å². The number of hydrazine groups is 1. The van der Waals surface area contributed by atoms with Gasteiger partial charge in [0.1, 0.15) is 0 Å². The van der Waals surface area contributed by atoms with E-state index in [2.05, 4.69) is 15.7 Å². The van der Waals surface area contributed by atoms with E-state index in [1.54, 1.807) is 39.3 Å². The minimum absolute atomic E-state index is 0.307. The summed E-state index contributed by atoms with van der Waals surface area (Å²) in [5.41, 5.74) is 4.41. The van der Waals surface area contributed by atoms with Gasteiger partial charge in [-0.05, 0) is 17.7 Å². The van der Waals surface area contributed by atoms with Crippen molar-refractivity contribution >= 4 is 0 Å². The molecule has 2 rings (SSSR count). The van der Waals surface area contributed by atoms with Gasteiger partial charge in [0.25, 0.3) is 0 Å². The van der Waals surface area contributed by atoms with Crippen LogP contribution in [0.15, 0.2) is 18.3 Å².